The van der Waals surface area contributed by atoms with E-state index in [9.17, 15) is 17.6 Å². The Bertz CT molecular complexity index is 341. The zero-order valence-electron chi connectivity index (χ0n) is 7.73. The van der Waals surface area contributed by atoms with E-state index in [1.165, 1.54) is 6.92 Å². The zero-order valence-corrected chi connectivity index (χ0v) is 7.73. The molecule has 0 saturated heterocycles. The summed E-state index contributed by atoms with van der Waals surface area (Å²) >= 11 is 0. The normalized spacial score (nSPS) is 12.7. The van der Waals surface area contributed by atoms with Crippen LogP contribution in [0.5, 0.6) is 5.75 Å². The van der Waals surface area contributed by atoms with Gasteiger partial charge in [-0.25, -0.2) is 8.78 Å². The molecule has 0 saturated carbocycles. The number of aliphatic hydroxyl groups is 1. The topological polar surface area (TPSA) is 29.5 Å². The lowest BCUT2D eigenvalue weighted by Gasteiger charge is -2.13. The van der Waals surface area contributed by atoms with Crippen LogP contribution in [0.25, 0.3) is 0 Å². The van der Waals surface area contributed by atoms with Crippen LogP contribution >= 0.6 is 0 Å². The molecule has 0 spiro atoms. The average Bonchev–Trinajstić information content (AvgIpc) is 2.21. The van der Waals surface area contributed by atoms with Gasteiger partial charge in [-0.3, -0.25) is 0 Å². The maximum Gasteiger partial charge on any atom is 0.204 e. The van der Waals surface area contributed by atoms with Gasteiger partial charge in [0.25, 0.3) is 0 Å². The Kier molecular flexibility index (Phi) is 3.52. The molecule has 1 aromatic rings. The summed E-state index contributed by atoms with van der Waals surface area (Å²) in [6, 6.07) is 0.0653. The summed E-state index contributed by atoms with van der Waals surface area (Å²) in [7, 11) is 0. The molecule has 1 N–H and O–H groups in total. The molecule has 1 unspecified atom stereocenters. The van der Waals surface area contributed by atoms with Crippen LogP contribution in [0.2, 0.25) is 0 Å². The van der Waals surface area contributed by atoms with Gasteiger partial charge < -0.3 is 9.84 Å². The van der Waals surface area contributed by atoms with Gasteiger partial charge in [-0.2, -0.15) is 8.78 Å². The minimum atomic E-state index is -1.67. The molecule has 6 heteroatoms. The van der Waals surface area contributed by atoms with Crippen LogP contribution in [0.4, 0.5) is 17.6 Å². The minimum Gasteiger partial charge on any atom is -0.459 e. The first-order valence-electron chi connectivity index (χ1n) is 4.15. The second kappa shape index (κ2) is 4.48. The maximum atomic E-state index is 12.9. The molecule has 1 rings (SSSR count). The van der Waals surface area contributed by atoms with E-state index in [1.807, 2.05) is 0 Å². The van der Waals surface area contributed by atoms with Crippen molar-refractivity contribution in [1.82, 2.24) is 0 Å². The minimum absolute atomic E-state index is 0.0248. The average molecular weight is 224 g/mol. The third-order valence-electron chi connectivity index (χ3n) is 1.67. The molecule has 2 nitrogen and oxygen atoms in total. The highest BCUT2D eigenvalue weighted by Crippen LogP contribution is 2.27. The lowest BCUT2D eigenvalue weighted by Crippen LogP contribution is -2.16. The third-order valence-corrected chi connectivity index (χ3v) is 1.67. The second-order valence-electron chi connectivity index (χ2n) is 2.78. The van der Waals surface area contributed by atoms with E-state index in [-0.39, 0.29) is 12.5 Å². The third kappa shape index (κ3) is 2.38. The predicted molar refractivity (Wildman–Crippen MR) is 43.2 cm³/mol. The molecule has 1 atom stereocenters. The summed E-state index contributed by atoms with van der Waals surface area (Å²) in [5.41, 5.74) is 0. The van der Waals surface area contributed by atoms with Gasteiger partial charge in [-0.1, -0.05) is 6.92 Å². The van der Waals surface area contributed by atoms with E-state index in [1.54, 1.807) is 0 Å². The van der Waals surface area contributed by atoms with Crippen LogP contribution in [0, 0.1) is 23.3 Å². The smallest absolute Gasteiger partial charge is 0.204 e. The molecule has 1 aromatic carbocycles. The fraction of sp³-hybridized carbons (Fsp3) is 0.333. The number of hydrogen-bond acceptors (Lipinski definition) is 2. The highest BCUT2D eigenvalue weighted by molar-refractivity contribution is 5.28. The molecule has 0 amide bonds. The Balaban J connectivity index is 3.15. The van der Waals surface area contributed by atoms with Crippen molar-refractivity contribution in [2.24, 2.45) is 0 Å². The van der Waals surface area contributed by atoms with Gasteiger partial charge in [0.2, 0.25) is 11.6 Å². The van der Waals surface area contributed by atoms with Gasteiger partial charge in [0.1, 0.15) is 0 Å². The molecule has 0 fully saturated rings. The number of benzene rings is 1. The van der Waals surface area contributed by atoms with Gasteiger partial charge in [0, 0.05) is 12.5 Å². The van der Waals surface area contributed by atoms with Crippen LogP contribution < -0.4 is 4.74 Å². The second-order valence-corrected chi connectivity index (χ2v) is 2.78. The Labute approximate surface area is 83.1 Å². The fourth-order valence-corrected chi connectivity index (χ4v) is 0.874. The lowest BCUT2D eigenvalue weighted by atomic mass is 10.3. The van der Waals surface area contributed by atoms with Gasteiger partial charge in [-0.15, -0.1) is 0 Å². The summed E-state index contributed by atoms with van der Waals surface area (Å²) in [6.45, 7) is 1.47. The van der Waals surface area contributed by atoms with Gasteiger partial charge in [0.15, 0.2) is 23.7 Å². The summed E-state index contributed by atoms with van der Waals surface area (Å²) in [5.74, 6) is -7.73. The van der Waals surface area contributed by atoms with Crippen LogP contribution in [0.3, 0.4) is 0 Å². The molecular formula is C9H8F4O2. The fourth-order valence-electron chi connectivity index (χ4n) is 0.874. The van der Waals surface area contributed by atoms with Crippen LogP contribution in [0.1, 0.15) is 13.3 Å². The molecule has 0 aliphatic rings. The van der Waals surface area contributed by atoms with E-state index in [0.717, 1.165) is 0 Å². The highest BCUT2D eigenvalue weighted by atomic mass is 19.2. The van der Waals surface area contributed by atoms with E-state index in [4.69, 9.17) is 5.11 Å². The largest absolute Gasteiger partial charge is 0.459 e. The van der Waals surface area contributed by atoms with Crippen molar-refractivity contribution < 1.29 is 27.4 Å². The first kappa shape index (κ1) is 11.8. The number of aliphatic hydroxyl groups excluding tert-OH is 1. The monoisotopic (exact) mass is 224 g/mol. The first-order valence-corrected chi connectivity index (χ1v) is 4.15. The SMILES string of the molecule is CCC(O)Oc1c(F)c(F)cc(F)c1F. The van der Waals surface area contributed by atoms with Crippen molar-refractivity contribution in [2.75, 3.05) is 0 Å². The van der Waals surface area contributed by atoms with Gasteiger partial charge >= 0.3 is 0 Å². The lowest BCUT2D eigenvalue weighted by molar-refractivity contribution is -0.0252. The van der Waals surface area contributed by atoms with E-state index >= 15 is 0 Å². The molecule has 84 valence electrons. The van der Waals surface area contributed by atoms with Crippen LogP contribution in [-0.4, -0.2) is 11.4 Å². The zero-order chi connectivity index (χ0) is 11.6. The Morgan fingerprint density at radius 2 is 1.67 bits per heavy atom. The van der Waals surface area contributed by atoms with Crippen molar-refractivity contribution in [3.8, 4) is 5.75 Å². The first-order chi connectivity index (χ1) is 6.97. The maximum absolute atomic E-state index is 12.9. The molecule has 15 heavy (non-hydrogen) atoms. The van der Waals surface area contributed by atoms with E-state index < -0.39 is 35.3 Å². The summed E-state index contributed by atoms with van der Waals surface area (Å²) < 4.78 is 55.4. The van der Waals surface area contributed by atoms with Gasteiger partial charge in [0.05, 0.1) is 0 Å². The van der Waals surface area contributed by atoms with Crippen molar-refractivity contribution in [1.29, 1.82) is 0 Å². The van der Waals surface area contributed by atoms with E-state index in [2.05, 4.69) is 4.74 Å². The predicted octanol–water partition coefficient (Wildman–Crippen LogP) is 2.35. The number of ether oxygens (including phenoxy) is 1. The van der Waals surface area contributed by atoms with Crippen LogP contribution in [-0.2, 0) is 0 Å². The number of rotatable bonds is 3. The molecule has 0 aliphatic carbocycles. The van der Waals surface area contributed by atoms with Crippen molar-refractivity contribution in [3.63, 3.8) is 0 Å². The van der Waals surface area contributed by atoms with Crippen molar-refractivity contribution >= 4 is 0 Å². The molecular weight excluding hydrogens is 216 g/mol. The van der Waals surface area contributed by atoms with Crippen molar-refractivity contribution in [3.05, 3.63) is 29.3 Å². The Hall–Kier alpha value is -1.30. The summed E-state index contributed by atoms with van der Waals surface area (Å²) in [4.78, 5) is 0. The standard InChI is InChI=1S/C9H8F4O2/c1-2-6(14)15-9-7(12)4(10)3-5(11)8(9)13/h3,6,14H,2H2,1H3. The molecule has 0 bridgehead atoms. The molecule has 0 radical (unpaired) electrons. The van der Waals surface area contributed by atoms with E-state index in [0.29, 0.717) is 0 Å². The molecule has 0 aromatic heterocycles. The van der Waals surface area contributed by atoms with Crippen molar-refractivity contribution in [2.45, 2.75) is 19.6 Å². The Morgan fingerprint density at radius 3 is 2.07 bits per heavy atom. The highest BCUT2D eigenvalue weighted by Gasteiger charge is 2.22. The van der Waals surface area contributed by atoms with Gasteiger partial charge in [-0.05, 0) is 0 Å². The number of halogens is 4. The summed E-state index contributed by atoms with van der Waals surface area (Å²) in [6.07, 6.45) is -1.49. The molecule has 0 aliphatic heterocycles. The quantitative estimate of drug-likeness (QED) is 0.485. The van der Waals surface area contributed by atoms with Crippen LogP contribution in [0.15, 0.2) is 6.07 Å². The Morgan fingerprint density at radius 1 is 1.20 bits per heavy atom. The number of hydrogen-bond donors (Lipinski definition) is 1. The molecule has 0 heterocycles. The summed E-state index contributed by atoms with van der Waals surface area (Å²) in [5, 5.41) is 8.94.